The Morgan fingerprint density at radius 2 is 1.00 bits per heavy atom. The molecule has 0 saturated heterocycles. The second kappa shape index (κ2) is 15.5. The van der Waals surface area contributed by atoms with Crippen LogP contribution in [0.3, 0.4) is 0 Å². The molecule has 0 unspecified atom stereocenters. The third-order valence-corrected chi connectivity index (χ3v) is 13.4. The lowest BCUT2D eigenvalue weighted by Gasteiger charge is -2.31. The van der Waals surface area contributed by atoms with Crippen LogP contribution in [0.5, 0.6) is 0 Å². The molecule has 0 saturated carbocycles. The number of hydrogen-bond donors (Lipinski definition) is 0. The first-order valence-corrected chi connectivity index (χ1v) is 22.5. The molecule has 0 spiro atoms. The van der Waals surface area contributed by atoms with Gasteiger partial charge in [-0.15, -0.1) is 0 Å². The van der Waals surface area contributed by atoms with Crippen molar-refractivity contribution < 1.29 is 4.39 Å². The van der Waals surface area contributed by atoms with Crippen LogP contribution in [-0.2, 0) is 10.8 Å². The van der Waals surface area contributed by atoms with Gasteiger partial charge in [0, 0.05) is 55.9 Å². The summed E-state index contributed by atoms with van der Waals surface area (Å²) in [7, 11) is 0. The lowest BCUT2D eigenvalue weighted by Crippen LogP contribution is -2.17. The van der Waals surface area contributed by atoms with E-state index in [0.717, 1.165) is 62.0 Å². The third kappa shape index (κ3) is 6.89. The van der Waals surface area contributed by atoms with Crippen molar-refractivity contribution in [2.75, 3.05) is 9.80 Å². The van der Waals surface area contributed by atoms with Crippen molar-refractivity contribution in [1.82, 2.24) is 4.57 Å². The Morgan fingerprint density at radius 1 is 0.431 bits per heavy atom. The van der Waals surface area contributed by atoms with Gasteiger partial charge in [-0.1, -0.05) is 138 Å². The summed E-state index contributed by atoms with van der Waals surface area (Å²) in [6.45, 7) is 11.4. The normalized spacial score (nSPS) is 12.9. The zero-order valence-corrected chi connectivity index (χ0v) is 37.4. The molecule has 4 heteroatoms. The quantitative estimate of drug-likeness (QED) is 0.151. The van der Waals surface area contributed by atoms with E-state index < -0.39 is 0 Å². The molecular formula is C61H50FN3. The largest absolute Gasteiger partial charge is 0.310 e. The Labute approximate surface area is 381 Å². The number of anilines is 6. The third-order valence-electron chi connectivity index (χ3n) is 13.4. The second-order valence-electron chi connectivity index (χ2n) is 18.8. The molecule has 11 rings (SSSR count). The van der Waals surface area contributed by atoms with E-state index >= 15 is 0 Å². The molecule has 0 radical (unpaired) electrons. The standard InChI is InChI=1S/C61H50FN3/c1-60(2,3)42-25-29-47(30-26-42)65-57-23-15-13-21-52(57)54-38-41(24-36-59(54)65)53-39-48(34-37-58(53)64(45-18-10-7-11-19-45)46-31-27-43(62)28-32-46)63(44-16-8-6-9-17-44)49-33-35-51-50-20-12-14-22-55(50)61(4,5)56(51)40-49/h6-40H,1-5H3. The molecule has 0 fully saturated rings. The van der Waals surface area contributed by atoms with Gasteiger partial charge in [-0.3, -0.25) is 0 Å². The van der Waals surface area contributed by atoms with Crippen molar-refractivity contribution in [3.63, 3.8) is 0 Å². The highest BCUT2D eigenvalue weighted by Gasteiger charge is 2.36. The zero-order valence-electron chi connectivity index (χ0n) is 37.4. The molecule has 1 aromatic heterocycles. The summed E-state index contributed by atoms with van der Waals surface area (Å²) >= 11 is 0. The Hall–Kier alpha value is -7.69. The van der Waals surface area contributed by atoms with Gasteiger partial charge in [-0.2, -0.15) is 0 Å². The molecule has 316 valence electrons. The van der Waals surface area contributed by atoms with Gasteiger partial charge in [0.25, 0.3) is 0 Å². The lowest BCUT2D eigenvalue weighted by molar-refractivity contribution is 0.590. The number of aromatic nitrogens is 1. The molecular weight excluding hydrogens is 794 g/mol. The monoisotopic (exact) mass is 843 g/mol. The van der Waals surface area contributed by atoms with Crippen LogP contribution in [0, 0.1) is 5.82 Å². The summed E-state index contributed by atoms with van der Waals surface area (Å²) in [4.78, 5) is 4.62. The van der Waals surface area contributed by atoms with E-state index in [1.807, 2.05) is 18.2 Å². The molecule has 3 nitrogen and oxygen atoms in total. The van der Waals surface area contributed by atoms with Gasteiger partial charge in [0.15, 0.2) is 0 Å². The van der Waals surface area contributed by atoms with Crippen LogP contribution < -0.4 is 9.80 Å². The van der Waals surface area contributed by atoms with Crippen LogP contribution in [0.1, 0.15) is 51.3 Å². The van der Waals surface area contributed by atoms with Crippen LogP contribution in [0.25, 0.3) is 49.7 Å². The highest BCUT2D eigenvalue weighted by Crippen LogP contribution is 2.52. The van der Waals surface area contributed by atoms with Gasteiger partial charge in [-0.05, 0) is 148 Å². The minimum atomic E-state index is -0.272. The Morgan fingerprint density at radius 3 is 1.72 bits per heavy atom. The fourth-order valence-corrected chi connectivity index (χ4v) is 10.1. The van der Waals surface area contributed by atoms with Gasteiger partial charge < -0.3 is 14.4 Å². The van der Waals surface area contributed by atoms with E-state index in [1.54, 1.807) is 12.1 Å². The number of nitrogens with zero attached hydrogens (tertiary/aromatic N) is 3. The number of hydrogen-bond acceptors (Lipinski definition) is 2. The van der Waals surface area contributed by atoms with Gasteiger partial charge in [0.05, 0.1) is 16.7 Å². The smallest absolute Gasteiger partial charge is 0.123 e. The molecule has 0 N–H and O–H groups in total. The van der Waals surface area contributed by atoms with E-state index in [1.165, 1.54) is 38.6 Å². The Bertz CT molecular complexity index is 3380. The SMILES string of the molecule is CC(C)(C)c1ccc(-n2c3ccccc3c3cc(-c4cc(N(c5ccccc5)c5ccc6c(c5)C(C)(C)c5ccccc5-6)ccc4N(c4ccccc4)c4ccc(F)cc4)ccc32)cc1. The van der Waals surface area contributed by atoms with Crippen molar-refractivity contribution in [2.45, 2.75) is 45.4 Å². The number of para-hydroxylation sites is 3. The van der Waals surface area contributed by atoms with E-state index in [4.69, 9.17) is 0 Å². The van der Waals surface area contributed by atoms with Gasteiger partial charge >= 0.3 is 0 Å². The number of fused-ring (bicyclic) bond motifs is 6. The first kappa shape index (κ1) is 40.1. The maximum atomic E-state index is 14.6. The first-order valence-electron chi connectivity index (χ1n) is 22.5. The fourth-order valence-electron chi connectivity index (χ4n) is 10.1. The van der Waals surface area contributed by atoms with Crippen LogP contribution in [-0.4, -0.2) is 4.57 Å². The topological polar surface area (TPSA) is 11.4 Å². The summed E-state index contributed by atoms with van der Waals surface area (Å²) in [6.07, 6.45) is 0. The van der Waals surface area contributed by atoms with Crippen molar-refractivity contribution in [3.8, 4) is 27.9 Å². The molecule has 0 atom stereocenters. The maximum Gasteiger partial charge on any atom is 0.123 e. The first-order chi connectivity index (χ1) is 31.5. The predicted molar refractivity (Wildman–Crippen MR) is 272 cm³/mol. The zero-order chi connectivity index (χ0) is 44.5. The van der Waals surface area contributed by atoms with Crippen LogP contribution in [0.15, 0.2) is 212 Å². The summed E-state index contributed by atoms with van der Waals surface area (Å²) in [5.41, 5.74) is 18.0. The van der Waals surface area contributed by atoms with E-state index in [9.17, 15) is 4.39 Å². The molecule has 0 aliphatic heterocycles. The Kier molecular flexibility index (Phi) is 9.58. The molecule has 1 aliphatic carbocycles. The second-order valence-corrected chi connectivity index (χ2v) is 18.8. The van der Waals surface area contributed by atoms with Crippen LogP contribution in [0.2, 0.25) is 0 Å². The molecule has 65 heavy (non-hydrogen) atoms. The van der Waals surface area contributed by atoms with Crippen molar-refractivity contribution in [2.24, 2.45) is 0 Å². The maximum absolute atomic E-state index is 14.6. The van der Waals surface area contributed by atoms with E-state index in [2.05, 4.69) is 231 Å². The highest BCUT2D eigenvalue weighted by molar-refractivity contribution is 6.11. The molecule has 0 bridgehead atoms. The van der Waals surface area contributed by atoms with Crippen LogP contribution >= 0.6 is 0 Å². The molecule has 1 heterocycles. The summed E-state index contributed by atoms with van der Waals surface area (Å²) in [6, 6.07) is 75.0. The highest BCUT2D eigenvalue weighted by atomic mass is 19.1. The van der Waals surface area contributed by atoms with Gasteiger partial charge in [0.1, 0.15) is 5.82 Å². The number of halogens is 1. The molecule has 10 aromatic rings. The van der Waals surface area contributed by atoms with Crippen molar-refractivity contribution >= 4 is 55.9 Å². The molecule has 9 aromatic carbocycles. The fraction of sp³-hybridized carbons (Fsp3) is 0.115. The Balaban J connectivity index is 1.15. The van der Waals surface area contributed by atoms with Crippen LogP contribution in [0.4, 0.5) is 38.5 Å². The van der Waals surface area contributed by atoms with E-state index in [-0.39, 0.29) is 16.6 Å². The van der Waals surface area contributed by atoms with Crippen molar-refractivity contribution in [1.29, 1.82) is 0 Å². The molecule has 1 aliphatic rings. The minimum absolute atomic E-state index is 0.0567. The average Bonchev–Trinajstić information content (AvgIpc) is 3.78. The minimum Gasteiger partial charge on any atom is -0.310 e. The van der Waals surface area contributed by atoms with Gasteiger partial charge in [-0.25, -0.2) is 4.39 Å². The summed E-state index contributed by atoms with van der Waals surface area (Å²) in [5, 5.41) is 2.36. The van der Waals surface area contributed by atoms with Gasteiger partial charge in [0.2, 0.25) is 0 Å². The average molecular weight is 844 g/mol. The summed E-state index contributed by atoms with van der Waals surface area (Å²) < 4.78 is 17.0. The number of rotatable bonds is 8. The lowest BCUT2D eigenvalue weighted by atomic mass is 9.82. The molecule has 0 amide bonds. The predicted octanol–water partition coefficient (Wildman–Crippen LogP) is 17.1. The van der Waals surface area contributed by atoms with E-state index in [0.29, 0.717) is 0 Å². The van der Waals surface area contributed by atoms with Crippen molar-refractivity contribution in [3.05, 3.63) is 235 Å². The number of benzene rings is 9. The summed E-state index contributed by atoms with van der Waals surface area (Å²) in [5.74, 6) is -0.272.